The van der Waals surface area contributed by atoms with Crippen LogP contribution in [-0.4, -0.2) is 30.4 Å². The summed E-state index contributed by atoms with van der Waals surface area (Å²) in [6.07, 6.45) is 1.68. The van der Waals surface area contributed by atoms with E-state index in [0.29, 0.717) is 26.5 Å². The quantitative estimate of drug-likeness (QED) is 0.292. The molecule has 8 nitrogen and oxygen atoms in total. The maximum atomic E-state index is 12.6. The van der Waals surface area contributed by atoms with E-state index in [1.165, 1.54) is 22.9 Å². The van der Waals surface area contributed by atoms with Crippen molar-refractivity contribution in [2.75, 3.05) is 10.6 Å². The number of amides is 1. The lowest BCUT2D eigenvalue weighted by atomic mass is 10.2. The minimum absolute atomic E-state index is 0.178. The van der Waals surface area contributed by atoms with Crippen molar-refractivity contribution in [1.82, 2.24) is 24.5 Å². The van der Waals surface area contributed by atoms with Crippen LogP contribution < -0.4 is 10.6 Å². The Balaban J connectivity index is 1.35. The predicted molar refractivity (Wildman–Crippen MR) is 129 cm³/mol. The van der Waals surface area contributed by atoms with Crippen LogP contribution in [0.2, 0.25) is 5.02 Å². The molecule has 0 saturated heterocycles. The van der Waals surface area contributed by atoms with Crippen molar-refractivity contribution in [3.63, 3.8) is 0 Å². The Kier molecular flexibility index (Phi) is 5.33. The van der Waals surface area contributed by atoms with Gasteiger partial charge in [0.1, 0.15) is 4.88 Å². The molecule has 11 heteroatoms. The number of aromatic amines is 1. The van der Waals surface area contributed by atoms with Gasteiger partial charge in [0.25, 0.3) is 5.91 Å². The van der Waals surface area contributed by atoms with Crippen molar-refractivity contribution >= 4 is 67.8 Å². The van der Waals surface area contributed by atoms with Crippen LogP contribution in [-0.2, 0) is 0 Å². The third-order valence-corrected chi connectivity index (χ3v) is 6.82. The van der Waals surface area contributed by atoms with Crippen LogP contribution >= 0.6 is 34.5 Å². The van der Waals surface area contributed by atoms with E-state index in [2.05, 4.69) is 35.2 Å². The van der Waals surface area contributed by atoms with Gasteiger partial charge in [-0.05, 0) is 38.1 Å². The molecular weight excluding hydrogens is 466 g/mol. The Morgan fingerprint density at radius 3 is 2.84 bits per heavy atom. The van der Waals surface area contributed by atoms with Crippen molar-refractivity contribution in [3.05, 3.63) is 63.2 Å². The first-order valence-corrected chi connectivity index (χ1v) is 11.5. The number of hydrogen-bond donors (Lipinski definition) is 3. The standard InChI is InChI=1S/C21H16ClN7OS2/c1-10-18(31-11(2)24-10)20(30)25-13-5-3-4-12(8-13)19-27-21(32-29-19)26-16-7-6-15-14(17(16)22)9-23-28-15/h3-9H,1-2H3,(H,23,28)(H,25,30)(H,26,27,29). The lowest BCUT2D eigenvalue weighted by molar-refractivity contribution is 0.103. The average molecular weight is 482 g/mol. The third kappa shape index (κ3) is 3.95. The first kappa shape index (κ1) is 20.6. The first-order valence-electron chi connectivity index (χ1n) is 9.56. The molecule has 0 radical (unpaired) electrons. The van der Waals surface area contributed by atoms with Gasteiger partial charge in [-0.1, -0.05) is 23.7 Å². The van der Waals surface area contributed by atoms with Crippen LogP contribution in [0.5, 0.6) is 0 Å². The number of aromatic nitrogens is 5. The molecule has 160 valence electrons. The minimum Gasteiger partial charge on any atom is -0.329 e. The second-order valence-electron chi connectivity index (χ2n) is 6.99. The van der Waals surface area contributed by atoms with Crippen molar-refractivity contribution in [2.24, 2.45) is 0 Å². The molecule has 3 heterocycles. The van der Waals surface area contributed by atoms with Gasteiger partial charge in [0, 0.05) is 28.2 Å². The predicted octanol–water partition coefficient (Wildman–Crippen LogP) is 5.80. The number of fused-ring (bicyclic) bond motifs is 1. The molecule has 0 aliphatic carbocycles. The van der Waals surface area contributed by atoms with Crippen molar-refractivity contribution in [1.29, 1.82) is 0 Å². The molecule has 0 saturated carbocycles. The summed E-state index contributed by atoms with van der Waals surface area (Å²) in [6.45, 7) is 3.72. The van der Waals surface area contributed by atoms with E-state index in [1.807, 2.05) is 50.2 Å². The monoisotopic (exact) mass is 481 g/mol. The molecule has 3 N–H and O–H groups in total. The third-order valence-electron chi connectivity index (χ3n) is 4.71. The Morgan fingerprint density at radius 1 is 1.16 bits per heavy atom. The van der Waals surface area contributed by atoms with Crippen LogP contribution in [0.1, 0.15) is 20.4 Å². The number of H-pyrrole nitrogens is 1. The summed E-state index contributed by atoms with van der Waals surface area (Å²) in [7, 11) is 0. The summed E-state index contributed by atoms with van der Waals surface area (Å²) in [5.41, 5.74) is 3.77. The number of aryl methyl sites for hydroxylation is 2. The van der Waals surface area contributed by atoms with Crippen LogP contribution in [0.4, 0.5) is 16.5 Å². The van der Waals surface area contributed by atoms with E-state index in [4.69, 9.17) is 11.6 Å². The number of nitrogens with zero attached hydrogens (tertiary/aromatic N) is 4. The molecule has 0 fully saturated rings. The molecule has 0 aliphatic heterocycles. The molecule has 0 atom stereocenters. The van der Waals surface area contributed by atoms with Gasteiger partial charge in [0.05, 0.1) is 33.1 Å². The SMILES string of the molecule is Cc1nc(C)c(C(=O)Nc2cccc(-c3nsc(Nc4ccc5[nH]ncc5c4Cl)n3)c2)s1. The van der Waals surface area contributed by atoms with Crippen molar-refractivity contribution in [3.8, 4) is 11.4 Å². The molecule has 0 bridgehead atoms. The van der Waals surface area contributed by atoms with Crippen molar-refractivity contribution < 1.29 is 4.79 Å². The Morgan fingerprint density at radius 2 is 2.03 bits per heavy atom. The summed E-state index contributed by atoms with van der Waals surface area (Å²) in [6, 6.07) is 11.2. The zero-order valence-electron chi connectivity index (χ0n) is 16.9. The second kappa shape index (κ2) is 8.30. The molecule has 0 spiro atoms. The summed E-state index contributed by atoms with van der Waals surface area (Å²) in [4.78, 5) is 22.1. The highest BCUT2D eigenvalue weighted by atomic mass is 35.5. The van der Waals surface area contributed by atoms with Crippen LogP contribution in [0.25, 0.3) is 22.3 Å². The highest BCUT2D eigenvalue weighted by Crippen LogP contribution is 2.33. The summed E-state index contributed by atoms with van der Waals surface area (Å²) >= 11 is 9.09. The molecule has 5 aromatic rings. The van der Waals surface area contributed by atoms with E-state index in [1.54, 1.807) is 6.20 Å². The number of carbonyl (C=O) groups is 1. The summed E-state index contributed by atoms with van der Waals surface area (Å²) in [5.74, 6) is 0.377. The van der Waals surface area contributed by atoms with E-state index in [-0.39, 0.29) is 5.91 Å². The topological polar surface area (TPSA) is 108 Å². The first-order chi connectivity index (χ1) is 15.5. The smallest absolute Gasteiger partial charge is 0.267 e. The second-order valence-corrected chi connectivity index (χ2v) is 9.32. The number of hydrogen-bond acceptors (Lipinski definition) is 8. The molecule has 0 aliphatic rings. The highest BCUT2D eigenvalue weighted by Gasteiger charge is 2.15. The fraction of sp³-hybridized carbons (Fsp3) is 0.0952. The lowest BCUT2D eigenvalue weighted by Gasteiger charge is -2.06. The lowest BCUT2D eigenvalue weighted by Crippen LogP contribution is -2.11. The Bertz CT molecular complexity index is 1460. The average Bonchev–Trinajstić information content (AvgIpc) is 3.50. The van der Waals surface area contributed by atoms with Crippen LogP contribution in [0, 0.1) is 13.8 Å². The van der Waals surface area contributed by atoms with Gasteiger partial charge in [0.2, 0.25) is 5.13 Å². The molecule has 32 heavy (non-hydrogen) atoms. The number of nitrogens with one attached hydrogen (secondary N) is 3. The molecule has 5 rings (SSSR count). The van der Waals surface area contributed by atoms with Gasteiger partial charge in [-0.3, -0.25) is 9.89 Å². The van der Waals surface area contributed by atoms with Gasteiger partial charge in [-0.15, -0.1) is 11.3 Å². The highest BCUT2D eigenvalue weighted by molar-refractivity contribution is 7.13. The molecule has 1 amide bonds. The Labute approximate surface area is 195 Å². The molecule has 0 unspecified atom stereocenters. The minimum atomic E-state index is -0.178. The number of rotatable bonds is 5. The largest absolute Gasteiger partial charge is 0.329 e. The van der Waals surface area contributed by atoms with E-state index in [0.717, 1.165) is 32.9 Å². The fourth-order valence-electron chi connectivity index (χ4n) is 3.25. The number of anilines is 3. The maximum absolute atomic E-state index is 12.6. The van der Waals surface area contributed by atoms with Crippen LogP contribution in [0.15, 0.2) is 42.6 Å². The number of benzene rings is 2. The van der Waals surface area contributed by atoms with Crippen LogP contribution in [0.3, 0.4) is 0 Å². The number of carbonyl (C=O) groups excluding carboxylic acids is 1. The normalized spacial score (nSPS) is 11.1. The number of halogens is 1. The Hall–Kier alpha value is -3.34. The summed E-state index contributed by atoms with van der Waals surface area (Å²) in [5, 5.41) is 15.9. The maximum Gasteiger partial charge on any atom is 0.267 e. The van der Waals surface area contributed by atoms with E-state index < -0.39 is 0 Å². The number of thiazole rings is 1. The van der Waals surface area contributed by atoms with Gasteiger partial charge in [-0.2, -0.15) is 14.5 Å². The van der Waals surface area contributed by atoms with Gasteiger partial charge >= 0.3 is 0 Å². The van der Waals surface area contributed by atoms with Gasteiger partial charge < -0.3 is 10.6 Å². The molecule has 3 aromatic heterocycles. The van der Waals surface area contributed by atoms with Crippen molar-refractivity contribution in [2.45, 2.75) is 13.8 Å². The van der Waals surface area contributed by atoms with Gasteiger partial charge in [-0.25, -0.2) is 4.98 Å². The molecular formula is C21H16ClN7OS2. The van der Waals surface area contributed by atoms with Gasteiger partial charge in [0.15, 0.2) is 5.82 Å². The summed E-state index contributed by atoms with van der Waals surface area (Å²) < 4.78 is 4.45. The zero-order valence-corrected chi connectivity index (χ0v) is 19.3. The van der Waals surface area contributed by atoms with E-state index >= 15 is 0 Å². The zero-order chi connectivity index (χ0) is 22.2. The molecule has 2 aromatic carbocycles. The van der Waals surface area contributed by atoms with E-state index in [9.17, 15) is 4.79 Å². The fourth-order valence-corrected chi connectivity index (χ4v) is 4.93.